The average molecular weight is 591 g/mol. The number of hydrogen-bond acceptors (Lipinski definition) is 4. The minimum absolute atomic E-state index is 0.0989. The van der Waals surface area contributed by atoms with Crippen LogP contribution in [0.25, 0.3) is 10.8 Å². The van der Waals surface area contributed by atoms with Gasteiger partial charge in [-0.25, -0.2) is 5.43 Å². The Morgan fingerprint density at radius 1 is 1.03 bits per heavy atom. The molecule has 5 nitrogen and oxygen atoms in total. The molecule has 2 N–H and O–H groups in total. The van der Waals surface area contributed by atoms with E-state index >= 15 is 0 Å². The smallest absolute Gasteiger partial charge is 0.275 e. The zero-order valence-electron chi connectivity index (χ0n) is 17.1. The van der Waals surface area contributed by atoms with E-state index in [0.717, 1.165) is 25.5 Å². The van der Waals surface area contributed by atoms with Gasteiger partial charge in [0.2, 0.25) is 0 Å². The number of benzene rings is 4. The van der Waals surface area contributed by atoms with Crippen LogP contribution in [0.2, 0.25) is 10.0 Å². The number of halogens is 3. The normalized spacial score (nSPS) is 11.1. The van der Waals surface area contributed by atoms with Gasteiger partial charge in [0.25, 0.3) is 5.91 Å². The lowest BCUT2D eigenvalue weighted by molar-refractivity contribution is 0.0952. The van der Waals surface area contributed by atoms with E-state index in [4.69, 9.17) is 27.9 Å². The van der Waals surface area contributed by atoms with E-state index in [0.29, 0.717) is 22.4 Å². The number of phenols is 1. The molecule has 0 radical (unpaired) electrons. The maximum atomic E-state index is 12.5. The summed E-state index contributed by atoms with van der Waals surface area (Å²) < 4.78 is 6.75. The van der Waals surface area contributed by atoms with Gasteiger partial charge in [-0.2, -0.15) is 5.10 Å². The van der Waals surface area contributed by atoms with Crippen molar-refractivity contribution in [3.8, 4) is 11.5 Å². The Hall–Kier alpha value is -2.81. The Morgan fingerprint density at radius 3 is 2.52 bits per heavy atom. The second-order valence-corrected chi connectivity index (χ2v) is 9.14. The van der Waals surface area contributed by atoms with Crippen LogP contribution in [0, 0.1) is 3.57 Å². The van der Waals surface area contributed by atoms with Crippen LogP contribution in [0.3, 0.4) is 0 Å². The molecule has 1 amide bonds. The van der Waals surface area contributed by atoms with Crippen molar-refractivity contribution >= 4 is 68.7 Å². The Bertz CT molecular complexity index is 1380. The molecule has 0 spiro atoms. The van der Waals surface area contributed by atoms with Crippen molar-refractivity contribution in [1.82, 2.24) is 5.43 Å². The number of fused-ring (bicyclic) bond motifs is 1. The van der Waals surface area contributed by atoms with Gasteiger partial charge in [0, 0.05) is 15.6 Å². The van der Waals surface area contributed by atoms with Crippen molar-refractivity contribution in [2.75, 3.05) is 0 Å². The second kappa shape index (κ2) is 10.4. The standard InChI is InChI=1S/C25H17Cl2IN2O3/c26-19-7-6-18(21(27)12-19)14-33-24-8-5-15(9-22(24)28)13-29-30-25(32)20-10-16-3-1-2-4-17(16)11-23(20)31/h1-13,31H,14H2,(H,30,32). The molecule has 0 unspecified atom stereocenters. The Kier molecular flexibility index (Phi) is 7.37. The second-order valence-electron chi connectivity index (χ2n) is 7.13. The van der Waals surface area contributed by atoms with E-state index in [9.17, 15) is 9.90 Å². The van der Waals surface area contributed by atoms with Gasteiger partial charge in [-0.3, -0.25) is 4.79 Å². The monoisotopic (exact) mass is 590 g/mol. The molecule has 0 saturated carbocycles. The number of rotatable bonds is 6. The van der Waals surface area contributed by atoms with Crippen LogP contribution < -0.4 is 10.2 Å². The Labute approximate surface area is 214 Å². The van der Waals surface area contributed by atoms with E-state index in [-0.39, 0.29) is 11.3 Å². The lowest BCUT2D eigenvalue weighted by Gasteiger charge is -2.10. The fourth-order valence-electron chi connectivity index (χ4n) is 3.14. The molecule has 8 heteroatoms. The summed E-state index contributed by atoms with van der Waals surface area (Å²) in [6.45, 7) is 0.310. The number of nitrogens with zero attached hydrogens (tertiary/aromatic N) is 1. The molecule has 0 aliphatic carbocycles. The molecule has 0 aromatic heterocycles. The molecule has 166 valence electrons. The number of amides is 1. The number of hydrogen-bond donors (Lipinski definition) is 2. The molecule has 0 bridgehead atoms. The first-order valence-corrected chi connectivity index (χ1v) is 11.7. The zero-order valence-corrected chi connectivity index (χ0v) is 20.7. The average Bonchev–Trinajstić information content (AvgIpc) is 2.79. The van der Waals surface area contributed by atoms with Crippen LogP contribution >= 0.6 is 45.8 Å². The predicted molar refractivity (Wildman–Crippen MR) is 141 cm³/mol. The van der Waals surface area contributed by atoms with Crippen molar-refractivity contribution in [3.63, 3.8) is 0 Å². The summed E-state index contributed by atoms with van der Waals surface area (Å²) in [6, 6.07) is 21.5. The fraction of sp³-hybridized carbons (Fsp3) is 0.0400. The van der Waals surface area contributed by atoms with E-state index in [1.807, 2.05) is 48.5 Å². The first-order chi connectivity index (χ1) is 15.9. The molecule has 4 aromatic carbocycles. The summed E-state index contributed by atoms with van der Waals surface area (Å²) in [5, 5.41) is 17.0. The molecule has 0 aliphatic rings. The maximum Gasteiger partial charge on any atom is 0.275 e. The van der Waals surface area contributed by atoms with E-state index in [2.05, 4.69) is 33.1 Å². The van der Waals surface area contributed by atoms with Gasteiger partial charge in [-0.15, -0.1) is 0 Å². The van der Waals surface area contributed by atoms with Crippen LogP contribution in [-0.2, 0) is 6.61 Å². The number of carbonyl (C=O) groups is 1. The molecular weight excluding hydrogens is 574 g/mol. The molecule has 33 heavy (non-hydrogen) atoms. The Morgan fingerprint density at radius 2 is 1.79 bits per heavy atom. The summed E-state index contributed by atoms with van der Waals surface area (Å²) in [6.07, 6.45) is 1.53. The lowest BCUT2D eigenvalue weighted by atomic mass is 10.1. The Balaban J connectivity index is 1.40. The molecule has 0 heterocycles. The third-order valence-electron chi connectivity index (χ3n) is 4.84. The molecule has 4 rings (SSSR count). The van der Waals surface area contributed by atoms with Gasteiger partial charge in [0.1, 0.15) is 18.1 Å². The van der Waals surface area contributed by atoms with Crippen molar-refractivity contribution < 1.29 is 14.6 Å². The van der Waals surface area contributed by atoms with Gasteiger partial charge in [0.15, 0.2) is 0 Å². The van der Waals surface area contributed by atoms with E-state index in [1.54, 1.807) is 24.3 Å². The summed E-state index contributed by atoms with van der Waals surface area (Å²) in [7, 11) is 0. The number of aromatic hydroxyl groups is 1. The SMILES string of the molecule is O=C(NN=Cc1ccc(OCc2ccc(Cl)cc2Cl)c(I)c1)c1cc2ccccc2cc1O. The van der Waals surface area contributed by atoms with Gasteiger partial charge in [0.05, 0.1) is 15.3 Å². The highest BCUT2D eigenvalue weighted by molar-refractivity contribution is 14.1. The van der Waals surface area contributed by atoms with Crippen molar-refractivity contribution in [1.29, 1.82) is 0 Å². The van der Waals surface area contributed by atoms with Gasteiger partial charge in [-0.05, 0) is 81.4 Å². The van der Waals surface area contributed by atoms with Crippen molar-refractivity contribution in [3.05, 3.63) is 103 Å². The number of nitrogens with one attached hydrogen (secondary N) is 1. The summed E-state index contributed by atoms with van der Waals surface area (Å²) in [4.78, 5) is 12.5. The number of carbonyl (C=O) groups excluding carboxylic acids is 1. The van der Waals surface area contributed by atoms with Crippen LogP contribution in [0.5, 0.6) is 11.5 Å². The predicted octanol–water partition coefficient (Wildman–Crippen LogP) is 6.80. The van der Waals surface area contributed by atoms with Gasteiger partial charge < -0.3 is 9.84 Å². The quantitative estimate of drug-likeness (QED) is 0.147. The van der Waals surface area contributed by atoms with Crippen LogP contribution in [0.15, 0.2) is 77.9 Å². The molecular formula is C25H17Cl2IN2O3. The van der Waals surface area contributed by atoms with Crippen molar-refractivity contribution in [2.24, 2.45) is 5.10 Å². The van der Waals surface area contributed by atoms with Crippen molar-refractivity contribution in [2.45, 2.75) is 6.61 Å². The highest BCUT2D eigenvalue weighted by Crippen LogP contribution is 2.26. The number of phenolic OH excluding ortho intramolecular Hbond substituents is 1. The highest BCUT2D eigenvalue weighted by Gasteiger charge is 2.12. The minimum atomic E-state index is -0.496. The highest BCUT2D eigenvalue weighted by atomic mass is 127. The van der Waals surface area contributed by atoms with Gasteiger partial charge >= 0.3 is 0 Å². The van der Waals surface area contributed by atoms with Crippen LogP contribution in [-0.4, -0.2) is 17.2 Å². The summed E-state index contributed by atoms with van der Waals surface area (Å²) >= 11 is 14.3. The molecule has 4 aromatic rings. The molecule has 0 saturated heterocycles. The molecule has 0 atom stereocenters. The van der Waals surface area contributed by atoms with Gasteiger partial charge in [-0.1, -0.05) is 53.5 Å². The molecule has 0 aliphatic heterocycles. The molecule has 0 fully saturated rings. The summed E-state index contributed by atoms with van der Waals surface area (Å²) in [5.74, 6) is 0.103. The lowest BCUT2D eigenvalue weighted by Crippen LogP contribution is -2.17. The third kappa shape index (κ3) is 5.76. The van der Waals surface area contributed by atoms with E-state index < -0.39 is 5.91 Å². The topological polar surface area (TPSA) is 70.9 Å². The van der Waals surface area contributed by atoms with Crippen LogP contribution in [0.4, 0.5) is 0 Å². The minimum Gasteiger partial charge on any atom is -0.507 e. The first kappa shape index (κ1) is 23.4. The fourth-order valence-corrected chi connectivity index (χ4v) is 4.30. The first-order valence-electron chi connectivity index (χ1n) is 9.82. The number of hydrazone groups is 1. The summed E-state index contributed by atoms with van der Waals surface area (Å²) in [5.41, 5.74) is 4.23. The maximum absolute atomic E-state index is 12.5. The zero-order chi connectivity index (χ0) is 23.4. The number of ether oxygens (including phenoxy) is 1. The van der Waals surface area contributed by atoms with Crippen LogP contribution in [0.1, 0.15) is 21.5 Å². The largest absolute Gasteiger partial charge is 0.507 e. The van der Waals surface area contributed by atoms with E-state index in [1.165, 1.54) is 6.21 Å². The third-order valence-corrected chi connectivity index (χ3v) is 6.27.